The van der Waals surface area contributed by atoms with Gasteiger partial charge in [0.1, 0.15) is 6.73 Å². The Morgan fingerprint density at radius 1 is 0.949 bits per heavy atom. The number of amides is 1. The number of nitrogens with zero attached hydrogens (tertiary/aromatic N) is 4. The fourth-order valence-corrected chi connectivity index (χ4v) is 3.99. The first-order chi connectivity index (χ1) is 18.4. The Morgan fingerprint density at radius 2 is 1.59 bits per heavy atom. The van der Waals surface area contributed by atoms with Gasteiger partial charge in [-0.15, -0.1) is 0 Å². The van der Waals surface area contributed by atoms with E-state index in [1.165, 1.54) is 19.4 Å². The molecule has 2 aromatic heterocycles. The number of pyridine rings is 1. The van der Waals surface area contributed by atoms with E-state index in [9.17, 15) is 31.1 Å². The van der Waals surface area contributed by atoms with Gasteiger partial charge in [-0.2, -0.15) is 31.4 Å². The minimum absolute atomic E-state index is 0.0242. The van der Waals surface area contributed by atoms with Crippen LogP contribution >= 0.6 is 0 Å². The van der Waals surface area contributed by atoms with Gasteiger partial charge in [-0.3, -0.25) is 9.78 Å². The Bertz CT molecular complexity index is 1430. The number of anilines is 1. The third-order valence-corrected chi connectivity index (χ3v) is 5.90. The molecule has 0 fully saturated rings. The first kappa shape index (κ1) is 27.8. The lowest BCUT2D eigenvalue weighted by atomic mass is 10.0. The van der Waals surface area contributed by atoms with Crippen molar-refractivity contribution in [2.45, 2.75) is 32.6 Å². The number of benzene rings is 2. The summed E-state index contributed by atoms with van der Waals surface area (Å²) in [4.78, 5) is 18.2. The summed E-state index contributed by atoms with van der Waals surface area (Å²) in [7, 11) is 1.25. The van der Waals surface area contributed by atoms with E-state index in [1.807, 2.05) is 30.3 Å². The van der Waals surface area contributed by atoms with Gasteiger partial charge in [-0.1, -0.05) is 30.3 Å². The second-order valence-corrected chi connectivity index (χ2v) is 8.69. The Hall–Kier alpha value is -4.19. The number of halogens is 6. The minimum Gasteiger partial charge on any atom is -0.355 e. The van der Waals surface area contributed by atoms with Crippen LogP contribution in [0.2, 0.25) is 0 Å². The van der Waals surface area contributed by atoms with Gasteiger partial charge in [-0.05, 0) is 42.3 Å². The van der Waals surface area contributed by atoms with E-state index in [2.05, 4.69) is 10.1 Å². The third kappa shape index (κ3) is 6.28. The van der Waals surface area contributed by atoms with Gasteiger partial charge in [0.25, 0.3) is 5.91 Å². The van der Waals surface area contributed by atoms with E-state index in [1.54, 1.807) is 23.9 Å². The number of aromatic nitrogens is 3. The zero-order valence-electron chi connectivity index (χ0n) is 20.7. The minimum atomic E-state index is -5.09. The largest absolute Gasteiger partial charge is 0.416 e. The van der Waals surface area contributed by atoms with E-state index in [-0.39, 0.29) is 18.5 Å². The predicted molar refractivity (Wildman–Crippen MR) is 131 cm³/mol. The lowest BCUT2D eigenvalue weighted by Gasteiger charge is -2.22. The molecule has 0 saturated heterocycles. The van der Waals surface area contributed by atoms with Crippen LogP contribution in [0.4, 0.5) is 32.0 Å². The molecule has 2 aromatic carbocycles. The topological polar surface area (TPSA) is 60.2 Å². The van der Waals surface area contributed by atoms with Crippen LogP contribution < -0.4 is 4.90 Å². The highest BCUT2D eigenvalue weighted by Gasteiger charge is 2.38. The van der Waals surface area contributed by atoms with Crippen molar-refractivity contribution in [2.24, 2.45) is 0 Å². The molecule has 6 nitrogen and oxygen atoms in total. The van der Waals surface area contributed by atoms with Crippen molar-refractivity contribution in [2.75, 3.05) is 11.9 Å². The molecule has 0 aliphatic carbocycles. The number of carbonyl (C=O) groups is 1. The number of hydrogen-bond acceptors (Lipinski definition) is 4. The monoisotopic (exact) mass is 548 g/mol. The molecule has 0 unspecified atom stereocenters. The van der Waals surface area contributed by atoms with Crippen molar-refractivity contribution in [1.29, 1.82) is 0 Å². The van der Waals surface area contributed by atoms with E-state index < -0.39 is 35.0 Å². The van der Waals surface area contributed by atoms with Crippen molar-refractivity contribution in [1.82, 2.24) is 14.8 Å². The van der Waals surface area contributed by atoms with E-state index in [0.717, 1.165) is 10.5 Å². The molecular formula is C27H22F6N4O2. The smallest absolute Gasteiger partial charge is 0.355 e. The van der Waals surface area contributed by atoms with Crippen molar-refractivity contribution in [3.63, 3.8) is 0 Å². The Labute approximate surface area is 219 Å². The molecule has 204 valence electrons. The Morgan fingerprint density at radius 3 is 2.21 bits per heavy atom. The summed E-state index contributed by atoms with van der Waals surface area (Å²) in [6.45, 7) is 2.11. The Balaban J connectivity index is 1.67. The number of ether oxygens (including phenoxy) is 1. The van der Waals surface area contributed by atoms with Crippen LogP contribution in [0.3, 0.4) is 0 Å². The van der Waals surface area contributed by atoms with Gasteiger partial charge >= 0.3 is 12.4 Å². The highest BCUT2D eigenvalue weighted by Crippen LogP contribution is 2.37. The predicted octanol–water partition coefficient (Wildman–Crippen LogP) is 6.74. The summed E-state index contributed by atoms with van der Waals surface area (Å²) in [5.41, 5.74) is -1.16. The molecule has 39 heavy (non-hydrogen) atoms. The lowest BCUT2D eigenvalue weighted by molar-refractivity contribution is -0.143. The zero-order chi connectivity index (χ0) is 28.4. The molecule has 0 radical (unpaired) electrons. The standard InChI is InChI=1S/C27H22F6N4O2/c1-17-13-35-37(16-39-15-18-6-4-3-5-7-18)24(17)22-8-9-34-14-23(22)36(2)25(38)19-10-20(26(28,29)30)12-21(11-19)27(31,32)33/h3-14H,15-16H2,1-2H3. The molecule has 0 aliphatic heterocycles. The average Bonchev–Trinajstić information content (AvgIpc) is 3.27. The van der Waals surface area contributed by atoms with Gasteiger partial charge in [-0.25, -0.2) is 4.68 Å². The maximum absolute atomic E-state index is 13.3. The summed E-state index contributed by atoms with van der Waals surface area (Å²) in [5.74, 6) is -1.08. The van der Waals surface area contributed by atoms with Crippen LogP contribution in [0.1, 0.15) is 32.6 Å². The van der Waals surface area contributed by atoms with Gasteiger partial charge < -0.3 is 9.64 Å². The summed E-state index contributed by atoms with van der Waals surface area (Å²) in [6, 6.07) is 11.8. The third-order valence-electron chi connectivity index (χ3n) is 5.90. The van der Waals surface area contributed by atoms with Crippen molar-refractivity contribution < 1.29 is 35.9 Å². The molecule has 4 rings (SSSR count). The summed E-state index contributed by atoms with van der Waals surface area (Å²) >= 11 is 0. The van der Waals surface area contributed by atoms with E-state index in [4.69, 9.17) is 4.74 Å². The molecule has 12 heteroatoms. The summed E-state index contributed by atoms with van der Waals surface area (Å²) in [6.07, 6.45) is -5.84. The fraction of sp³-hybridized carbons (Fsp3) is 0.222. The second kappa shape index (κ2) is 10.9. The number of rotatable bonds is 7. The number of aryl methyl sites for hydroxylation is 1. The van der Waals surface area contributed by atoms with Crippen LogP contribution in [0.25, 0.3) is 11.3 Å². The summed E-state index contributed by atoms with van der Waals surface area (Å²) in [5, 5.41) is 4.32. The van der Waals surface area contributed by atoms with Crippen molar-refractivity contribution in [3.8, 4) is 11.3 Å². The number of hydrogen-bond donors (Lipinski definition) is 0. The number of carbonyl (C=O) groups excluding carboxylic acids is 1. The molecule has 0 aliphatic rings. The summed E-state index contributed by atoms with van der Waals surface area (Å²) < 4.78 is 87.4. The molecule has 0 atom stereocenters. The highest BCUT2D eigenvalue weighted by molar-refractivity contribution is 6.07. The van der Waals surface area contributed by atoms with Crippen molar-refractivity contribution >= 4 is 11.6 Å². The van der Waals surface area contributed by atoms with Gasteiger partial charge in [0.15, 0.2) is 0 Å². The SMILES string of the molecule is Cc1cnn(COCc2ccccc2)c1-c1ccncc1N(C)C(=O)c1cc(C(F)(F)F)cc(C(F)(F)F)c1. The highest BCUT2D eigenvalue weighted by atomic mass is 19.4. The first-order valence-electron chi connectivity index (χ1n) is 11.5. The molecule has 4 aromatic rings. The molecule has 0 bridgehead atoms. The zero-order valence-corrected chi connectivity index (χ0v) is 20.7. The molecule has 1 amide bonds. The van der Waals surface area contributed by atoms with Gasteiger partial charge in [0, 0.05) is 24.4 Å². The molecular weight excluding hydrogens is 526 g/mol. The first-order valence-corrected chi connectivity index (χ1v) is 11.5. The average molecular weight is 548 g/mol. The molecule has 0 N–H and O–H groups in total. The second-order valence-electron chi connectivity index (χ2n) is 8.69. The van der Waals surface area contributed by atoms with Crippen LogP contribution in [0.15, 0.2) is 73.2 Å². The number of alkyl halides is 6. The maximum atomic E-state index is 13.3. The normalized spacial score (nSPS) is 12.0. The maximum Gasteiger partial charge on any atom is 0.416 e. The van der Waals surface area contributed by atoms with Crippen molar-refractivity contribution in [3.05, 3.63) is 101 Å². The lowest BCUT2D eigenvalue weighted by Crippen LogP contribution is -2.28. The quantitative estimate of drug-likeness (QED) is 0.240. The van der Waals surface area contributed by atoms with Crippen LogP contribution in [0.5, 0.6) is 0 Å². The van der Waals surface area contributed by atoms with Gasteiger partial charge in [0.05, 0.1) is 41.5 Å². The van der Waals surface area contributed by atoms with E-state index >= 15 is 0 Å². The molecule has 0 spiro atoms. The molecule has 2 heterocycles. The van der Waals surface area contributed by atoms with Crippen LogP contribution in [0, 0.1) is 6.92 Å². The van der Waals surface area contributed by atoms with Crippen LogP contribution in [-0.2, 0) is 30.4 Å². The van der Waals surface area contributed by atoms with Crippen LogP contribution in [-0.4, -0.2) is 27.7 Å². The Kier molecular flexibility index (Phi) is 7.77. The van der Waals surface area contributed by atoms with Gasteiger partial charge in [0.2, 0.25) is 0 Å². The fourth-order valence-electron chi connectivity index (χ4n) is 3.99. The molecule has 0 saturated carbocycles. The van der Waals surface area contributed by atoms with E-state index in [0.29, 0.717) is 35.6 Å².